The van der Waals surface area contributed by atoms with Crippen LogP contribution in [-0.2, 0) is 11.2 Å². The Kier molecular flexibility index (Phi) is 5.40. The van der Waals surface area contributed by atoms with E-state index in [0.717, 1.165) is 25.1 Å². The molecule has 2 rings (SSSR count). The molecule has 1 heterocycles. The van der Waals surface area contributed by atoms with Gasteiger partial charge in [0.05, 0.1) is 6.42 Å². The molecular weight excluding hydrogens is 236 g/mol. The molecular formula is C16H24N2O. The summed E-state index contributed by atoms with van der Waals surface area (Å²) in [6.45, 7) is 3.96. The van der Waals surface area contributed by atoms with Crippen LogP contribution in [0.3, 0.4) is 0 Å². The van der Waals surface area contributed by atoms with Gasteiger partial charge in [0.1, 0.15) is 0 Å². The average Bonchev–Trinajstić information content (AvgIpc) is 2.40. The summed E-state index contributed by atoms with van der Waals surface area (Å²) < 4.78 is 0. The maximum atomic E-state index is 11.8. The summed E-state index contributed by atoms with van der Waals surface area (Å²) in [5.41, 5.74) is 2.30. The summed E-state index contributed by atoms with van der Waals surface area (Å²) in [7, 11) is 0. The van der Waals surface area contributed by atoms with Crippen molar-refractivity contribution in [3.05, 3.63) is 35.4 Å². The predicted molar refractivity (Wildman–Crippen MR) is 78.2 cm³/mol. The molecule has 1 saturated heterocycles. The van der Waals surface area contributed by atoms with Crippen LogP contribution in [0.15, 0.2) is 24.3 Å². The summed E-state index contributed by atoms with van der Waals surface area (Å²) in [6.07, 6.45) is 5.37. The van der Waals surface area contributed by atoms with Crippen LogP contribution >= 0.6 is 0 Å². The molecule has 19 heavy (non-hydrogen) atoms. The maximum Gasteiger partial charge on any atom is 0.224 e. The highest BCUT2D eigenvalue weighted by molar-refractivity contribution is 5.78. The Labute approximate surface area is 115 Å². The van der Waals surface area contributed by atoms with Crippen LogP contribution in [0.2, 0.25) is 0 Å². The molecule has 3 nitrogen and oxygen atoms in total. The topological polar surface area (TPSA) is 41.1 Å². The molecule has 1 aromatic rings. The summed E-state index contributed by atoms with van der Waals surface area (Å²) in [5, 5.41) is 6.52. The zero-order chi connectivity index (χ0) is 13.5. The Balaban J connectivity index is 1.67. The molecule has 0 saturated carbocycles. The van der Waals surface area contributed by atoms with E-state index in [-0.39, 0.29) is 5.91 Å². The zero-order valence-corrected chi connectivity index (χ0v) is 11.7. The normalized spacial score (nSPS) is 19.1. The molecule has 1 aliphatic rings. The van der Waals surface area contributed by atoms with E-state index in [1.165, 1.54) is 24.8 Å². The van der Waals surface area contributed by atoms with E-state index in [1.54, 1.807) is 0 Å². The number of nitrogens with one attached hydrogen (secondary N) is 2. The third kappa shape index (κ3) is 5.03. The molecule has 0 radical (unpaired) electrons. The lowest BCUT2D eigenvalue weighted by molar-refractivity contribution is -0.120. The largest absolute Gasteiger partial charge is 0.356 e. The van der Waals surface area contributed by atoms with Crippen molar-refractivity contribution in [2.45, 2.75) is 45.1 Å². The van der Waals surface area contributed by atoms with Crippen molar-refractivity contribution in [2.24, 2.45) is 0 Å². The molecule has 0 bridgehead atoms. The summed E-state index contributed by atoms with van der Waals surface area (Å²) in [6, 6.07) is 8.73. The number of aryl methyl sites for hydroxylation is 1. The first kappa shape index (κ1) is 14.1. The Hall–Kier alpha value is -1.35. The van der Waals surface area contributed by atoms with Crippen molar-refractivity contribution in [1.82, 2.24) is 10.6 Å². The Morgan fingerprint density at radius 3 is 3.05 bits per heavy atom. The zero-order valence-electron chi connectivity index (χ0n) is 11.7. The van der Waals surface area contributed by atoms with Crippen LogP contribution in [0.25, 0.3) is 0 Å². The van der Waals surface area contributed by atoms with Crippen LogP contribution in [0, 0.1) is 6.92 Å². The van der Waals surface area contributed by atoms with Crippen molar-refractivity contribution >= 4 is 5.91 Å². The molecule has 1 aromatic carbocycles. The van der Waals surface area contributed by atoms with Crippen LogP contribution in [0.1, 0.15) is 36.8 Å². The van der Waals surface area contributed by atoms with E-state index in [1.807, 2.05) is 12.1 Å². The third-order valence-electron chi connectivity index (χ3n) is 3.67. The van der Waals surface area contributed by atoms with Gasteiger partial charge >= 0.3 is 0 Å². The van der Waals surface area contributed by atoms with Crippen LogP contribution in [0.4, 0.5) is 0 Å². The van der Waals surface area contributed by atoms with Gasteiger partial charge in [0.25, 0.3) is 0 Å². The van der Waals surface area contributed by atoms with Crippen molar-refractivity contribution in [3.63, 3.8) is 0 Å². The predicted octanol–water partition coefficient (Wildman–Crippen LogP) is 2.19. The number of piperidine rings is 1. The smallest absolute Gasteiger partial charge is 0.224 e. The fourth-order valence-electron chi connectivity index (χ4n) is 2.63. The minimum Gasteiger partial charge on any atom is -0.356 e. The van der Waals surface area contributed by atoms with Gasteiger partial charge in [-0.2, -0.15) is 0 Å². The minimum absolute atomic E-state index is 0.126. The van der Waals surface area contributed by atoms with Crippen molar-refractivity contribution in [1.29, 1.82) is 0 Å². The van der Waals surface area contributed by atoms with E-state index in [9.17, 15) is 4.79 Å². The second-order valence-corrected chi connectivity index (χ2v) is 5.45. The highest BCUT2D eigenvalue weighted by atomic mass is 16.1. The summed E-state index contributed by atoms with van der Waals surface area (Å²) >= 11 is 0. The van der Waals surface area contributed by atoms with Gasteiger partial charge in [-0.25, -0.2) is 0 Å². The monoisotopic (exact) mass is 260 g/mol. The SMILES string of the molecule is Cc1cccc(CC(=O)NCCC2CCCCN2)c1. The van der Waals surface area contributed by atoms with Gasteiger partial charge in [0.2, 0.25) is 5.91 Å². The molecule has 3 heteroatoms. The van der Waals surface area contributed by atoms with Crippen LogP contribution in [-0.4, -0.2) is 25.0 Å². The Morgan fingerprint density at radius 1 is 1.42 bits per heavy atom. The second kappa shape index (κ2) is 7.29. The summed E-state index contributed by atoms with van der Waals surface area (Å²) in [4.78, 5) is 11.8. The molecule has 1 unspecified atom stereocenters. The van der Waals surface area contributed by atoms with E-state index in [2.05, 4.69) is 29.7 Å². The molecule has 0 aliphatic carbocycles. The van der Waals surface area contributed by atoms with Gasteiger partial charge in [-0.05, 0) is 38.3 Å². The van der Waals surface area contributed by atoms with E-state index in [0.29, 0.717) is 12.5 Å². The van der Waals surface area contributed by atoms with Gasteiger partial charge in [0.15, 0.2) is 0 Å². The van der Waals surface area contributed by atoms with Crippen molar-refractivity contribution < 1.29 is 4.79 Å². The van der Waals surface area contributed by atoms with E-state index >= 15 is 0 Å². The number of hydrogen-bond acceptors (Lipinski definition) is 2. The molecule has 2 N–H and O–H groups in total. The standard InChI is InChI=1S/C16H24N2O/c1-13-5-4-6-14(11-13)12-16(19)18-10-8-15-7-2-3-9-17-15/h4-6,11,15,17H,2-3,7-10,12H2,1H3,(H,18,19). The number of rotatable bonds is 5. The van der Waals surface area contributed by atoms with E-state index in [4.69, 9.17) is 0 Å². The quantitative estimate of drug-likeness (QED) is 0.852. The number of benzene rings is 1. The highest BCUT2D eigenvalue weighted by Gasteiger charge is 2.12. The number of carbonyl (C=O) groups is 1. The lowest BCUT2D eigenvalue weighted by Gasteiger charge is -2.23. The number of amides is 1. The third-order valence-corrected chi connectivity index (χ3v) is 3.67. The average molecular weight is 260 g/mol. The minimum atomic E-state index is 0.126. The maximum absolute atomic E-state index is 11.8. The molecule has 104 valence electrons. The van der Waals surface area contributed by atoms with Gasteiger partial charge in [0, 0.05) is 12.6 Å². The second-order valence-electron chi connectivity index (χ2n) is 5.45. The molecule has 0 spiro atoms. The molecule has 1 atom stereocenters. The lowest BCUT2D eigenvalue weighted by atomic mass is 10.0. The Morgan fingerprint density at radius 2 is 2.32 bits per heavy atom. The van der Waals surface area contributed by atoms with Crippen LogP contribution < -0.4 is 10.6 Å². The van der Waals surface area contributed by atoms with Crippen LogP contribution in [0.5, 0.6) is 0 Å². The summed E-state index contributed by atoms with van der Waals surface area (Å²) in [5.74, 6) is 0.126. The fourth-order valence-corrected chi connectivity index (χ4v) is 2.63. The first-order chi connectivity index (χ1) is 9.24. The molecule has 1 aliphatic heterocycles. The lowest BCUT2D eigenvalue weighted by Crippen LogP contribution is -2.37. The number of carbonyl (C=O) groups excluding carboxylic acids is 1. The number of hydrogen-bond donors (Lipinski definition) is 2. The van der Waals surface area contributed by atoms with Gasteiger partial charge < -0.3 is 10.6 Å². The molecule has 0 aromatic heterocycles. The first-order valence-corrected chi connectivity index (χ1v) is 7.29. The Bertz CT molecular complexity index is 411. The fraction of sp³-hybridized carbons (Fsp3) is 0.562. The van der Waals surface area contributed by atoms with Gasteiger partial charge in [-0.15, -0.1) is 0 Å². The van der Waals surface area contributed by atoms with Gasteiger partial charge in [-0.3, -0.25) is 4.79 Å². The van der Waals surface area contributed by atoms with E-state index < -0.39 is 0 Å². The van der Waals surface area contributed by atoms with Gasteiger partial charge in [-0.1, -0.05) is 36.2 Å². The van der Waals surface area contributed by atoms with Crippen molar-refractivity contribution in [2.75, 3.05) is 13.1 Å². The van der Waals surface area contributed by atoms with Crippen molar-refractivity contribution in [3.8, 4) is 0 Å². The highest BCUT2D eigenvalue weighted by Crippen LogP contribution is 2.09. The molecule has 1 amide bonds. The first-order valence-electron chi connectivity index (χ1n) is 7.29. The molecule has 1 fully saturated rings.